The summed E-state index contributed by atoms with van der Waals surface area (Å²) in [4.78, 5) is 0. The van der Waals surface area contributed by atoms with Gasteiger partial charge in [-0.3, -0.25) is 0 Å². The largest absolute Gasteiger partial charge is 0.493 e. The minimum Gasteiger partial charge on any atom is -0.493 e. The van der Waals surface area contributed by atoms with Crippen molar-refractivity contribution in [2.24, 2.45) is 0 Å². The standard InChI is InChI=1S/C17H20O3/c1-12-8-9-14(10-13(12)2)15(18)11-20-17-7-5-4-6-16(17)19-3/h4-10,15,18H,11H2,1-3H3. The Labute approximate surface area is 119 Å². The number of hydrogen-bond donors (Lipinski definition) is 1. The lowest BCUT2D eigenvalue weighted by atomic mass is 10.0. The predicted octanol–water partition coefficient (Wildman–Crippen LogP) is 3.42. The summed E-state index contributed by atoms with van der Waals surface area (Å²) in [5, 5.41) is 10.2. The van der Waals surface area contributed by atoms with Gasteiger partial charge in [0.15, 0.2) is 11.5 Å². The Kier molecular flexibility index (Phi) is 4.64. The monoisotopic (exact) mass is 272 g/mol. The van der Waals surface area contributed by atoms with Crippen LogP contribution in [0.4, 0.5) is 0 Å². The Bertz CT molecular complexity index is 578. The van der Waals surface area contributed by atoms with Crippen LogP contribution in [0.25, 0.3) is 0 Å². The van der Waals surface area contributed by atoms with E-state index in [1.807, 2.05) is 49.4 Å². The van der Waals surface area contributed by atoms with Crippen molar-refractivity contribution in [1.82, 2.24) is 0 Å². The van der Waals surface area contributed by atoms with Crippen molar-refractivity contribution in [3.05, 3.63) is 59.2 Å². The molecular formula is C17H20O3. The van der Waals surface area contributed by atoms with E-state index in [-0.39, 0.29) is 6.61 Å². The van der Waals surface area contributed by atoms with E-state index in [9.17, 15) is 5.11 Å². The van der Waals surface area contributed by atoms with Gasteiger partial charge in [-0.2, -0.15) is 0 Å². The van der Waals surface area contributed by atoms with E-state index in [0.29, 0.717) is 11.5 Å². The van der Waals surface area contributed by atoms with Crippen molar-refractivity contribution in [3.63, 3.8) is 0 Å². The van der Waals surface area contributed by atoms with Crippen molar-refractivity contribution < 1.29 is 14.6 Å². The molecule has 2 aromatic carbocycles. The third kappa shape index (κ3) is 3.31. The quantitative estimate of drug-likeness (QED) is 0.906. The first-order chi connectivity index (χ1) is 9.61. The van der Waals surface area contributed by atoms with Gasteiger partial charge in [0.1, 0.15) is 12.7 Å². The van der Waals surface area contributed by atoms with Crippen molar-refractivity contribution in [1.29, 1.82) is 0 Å². The van der Waals surface area contributed by atoms with E-state index >= 15 is 0 Å². The van der Waals surface area contributed by atoms with Crippen LogP contribution in [0.5, 0.6) is 11.5 Å². The van der Waals surface area contributed by atoms with Crippen LogP contribution in [0, 0.1) is 13.8 Å². The molecule has 2 aromatic rings. The third-order valence-electron chi connectivity index (χ3n) is 3.38. The number of methoxy groups -OCH3 is 1. The second kappa shape index (κ2) is 6.44. The SMILES string of the molecule is COc1ccccc1OCC(O)c1ccc(C)c(C)c1. The second-order valence-electron chi connectivity index (χ2n) is 4.82. The van der Waals surface area contributed by atoms with Gasteiger partial charge in [0, 0.05) is 0 Å². The lowest BCUT2D eigenvalue weighted by Gasteiger charge is -2.15. The lowest BCUT2D eigenvalue weighted by Crippen LogP contribution is -2.10. The minimum absolute atomic E-state index is 0.197. The maximum atomic E-state index is 10.2. The molecule has 0 fully saturated rings. The lowest BCUT2D eigenvalue weighted by molar-refractivity contribution is 0.106. The van der Waals surface area contributed by atoms with Gasteiger partial charge in [-0.25, -0.2) is 0 Å². The Morgan fingerprint density at radius 2 is 1.70 bits per heavy atom. The van der Waals surface area contributed by atoms with E-state index in [1.54, 1.807) is 7.11 Å². The van der Waals surface area contributed by atoms with Crippen LogP contribution >= 0.6 is 0 Å². The zero-order valence-corrected chi connectivity index (χ0v) is 12.1. The summed E-state index contributed by atoms with van der Waals surface area (Å²) >= 11 is 0. The zero-order chi connectivity index (χ0) is 14.5. The van der Waals surface area contributed by atoms with Crippen molar-refractivity contribution >= 4 is 0 Å². The van der Waals surface area contributed by atoms with Crippen LogP contribution in [0.15, 0.2) is 42.5 Å². The van der Waals surface area contributed by atoms with Crippen LogP contribution in [0.3, 0.4) is 0 Å². The molecule has 3 nitrogen and oxygen atoms in total. The maximum absolute atomic E-state index is 10.2. The number of para-hydroxylation sites is 2. The average molecular weight is 272 g/mol. The molecule has 0 spiro atoms. The smallest absolute Gasteiger partial charge is 0.161 e. The van der Waals surface area contributed by atoms with Crippen LogP contribution < -0.4 is 9.47 Å². The fraction of sp³-hybridized carbons (Fsp3) is 0.294. The normalized spacial score (nSPS) is 12.0. The molecule has 2 rings (SSSR count). The molecule has 1 unspecified atom stereocenters. The number of hydrogen-bond acceptors (Lipinski definition) is 3. The maximum Gasteiger partial charge on any atom is 0.161 e. The highest BCUT2D eigenvalue weighted by molar-refractivity contribution is 5.39. The molecule has 0 aromatic heterocycles. The predicted molar refractivity (Wildman–Crippen MR) is 79.4 cm³/mol. The van der Waals surface area contributed by atoms with Crippen LogP contribution in [-0.4, -0.2) is 18.8 Å². The van der Waals surface area contributed by atoms with Gasteiger partial charge in [0.25, 0.3) is 0 Å². The Balaban J connectivity index is 2.04. The molecule has 0 amide bonds. The van der Waals surface area contributed by atoms with Crippen molar-refractivity contribution in [3.8, 4) is 11.5 Å². The van der Waals surface area contributed by atoms with E-state index < -0.39 is 6.10 Å². The van der Waals surface area contributed by atoms with Crippen LogP contribution in [-0.2, 0) is 0 Å². The second-order valence-corrected chi connectivity index (χ2v) is 4.82. The molecule has 1 N–H and O–H groups in total. The molecule has 0 radical (unpaired) electrons. The average Bonchev–Trinajstić information content (AvgIpc) is 2.47. The molecule has 0 saturated carbocycles. The number of aliphatic hydroxyl groups excluding tert-OH is 1. The van der Waals surface area contributed by atoms with Crippen molar-refractivity contribution in [2.75, 3.05) is 13.7 Å². The van der Waals surface area contributed by atoms with Gasteiger partial charge >= 0.3 is 0 Å². The first kappa shape index (κ1) is 14.4. The van der Waals surface area contributed by atoms with E-state index in [2.05, 4.69) is 6.92 Å². The number of rotatable bonds is 5. The summed E-state index contributed by atoms with van der Waals surface area (Å²) in [7, 11) is 1.60. The van der Waals surface area contributed by atoms with Gasteiger partial charge in [-0.15, -0.1) is 0 Å². The molecule has 3 heteroatoms. The van der Waals surface area contributed by atoms with E-state index in [4.69, 9.17) is 9.47 Å². The fourth-order valence-corrected chi connectivity index (χ4v) is 1.97. The molecule has 0 saturated heterocycles. The fourth-order valence-electron chi connectivity index (χ4n) is 1.97. The summed E-state index contributed by atoms with van der Waals surface area (Å²) in [6.45, 7) is 4.28. The first-order valence-corrected chi connectivity index (χ1v) is 6.63. The highest BCUT2D eigenvalue weighted by Gasteiger charge is 2.11. The molecule has 106 valence electrons. The Hall–Kier alpha value is -2.00. The van der Waals surface area contributed by atoms with Gasteiger partial charge in [0.2, 0.25) is 0 Å². The molecule has 0 aliphatic rings. The molecule has 0 aliphatic heterocycles. The minimum atomic E-state index is -0.654. The van der Waals surface area contributed by atoms with E-state index in [1.165, 1.54) is 11.1 Å². The number of aryl methyl sites for hydroxylation is 2. The highest BCUT2D eigenvalue weighted by atomic mass is 16.5. The number of aliphatic hydroxyl groups is 1. The number of ether oxygens (including phenoxy) is 2. The molecule has 0 heterocycles. The molecule has 0 bridgehead atoms. The molecule has 20 heavy (non-hydrogen) atoms. The summed E-state index contributed by atoms with van der Waals surface area (Å²) in [5.74, 6) is 1.30. The molecular weight excluding hydrogens is 252 g/mol. The molecule has 0 aliphatic carbocycles. The topological polar surface area (TPSA) is 38.7 Å². The third-order valence-corrected chi connectivity index (χ3v) is 3.38. The van der Waals surface area contributed by atoms with Gasteiger partial charge in [-0.1, -0.05) is 30.3 Å². The first-order valence-electron chi connectivity index (χ1n) is 6.63. The summed E-state index contributed by atoms with van der Waals surface area (Å²) in [5.41, 5.74) is 3.24. The summed E-state index contributed by atoms with van der Waals surface area (Å²) in [6.07, 6.45) is -0.654. The zero-order valence-electron chi connectivity index (χ0n) is 12.1. The van der Waals surface area contributed by atoms with Gasteiger partial charge in [-0.05, 0) is 42.7 Å². The Morgan fingerprint density at radius 3 is 2.35 bits per heavy atom. The van der Waals surface area contributed by atoms with Gasteiger partial charge in [0.05, 0.1) is 7.11 Å². The van der Waals surface area contributed by atoms with E-state index in [0.717, 1.165) is 5.56 Å². The molecule has 1 atom stereocenters. The van der Waals surface area contributed by atoms with Crippen molar-refractivity contribution in [2.45, 2.75) is 20.0 Å². The van der Waals surface area contributed by atoms with Crippen LogP contribution in [0.1, 0.15) is 22.8 Å². The number of benzene rings is 2. The summed E-state index contributed by atoms with van der Waals surface area (Å²) in [6, 6.07) is 13.3. The van der Waals surface area contributed by atoms with Gasteiger partial charge < -0.3 is 14.6 Å². The highest BCUT2D eigenvalue weighted by Crippen LogP contribution is 2.27. The van der Waals surface area contributed by atoms with Crippen LogP contribution in [0.2, 0.25) is 0 Å². The Morgan fingerprint density at radius 1 is 1.00 bits per heavy atom. The summed E-state index contributed by atoms with van der Waals surface area (Å²) < 4.78 is 10.9.